The van der Waals surface area contributed by atoms with Crippen LogP contribution in [-0.4, -0.2) is 36.8 Å². The minimum absolute atomic E-state index is 0.216. The second-order valence-electron chi connectivity index (χ2n) is 7.30. The Bertz CT molecular complexity index is 1080. The van der Waals surface area contributed by atoms with E-state index < -0.39 is 0 Å². The number of aryl methyl sites for hydroxylation is 2. The van der Waals surface area contributed by atoms with Gasteiger partial charge in [-0.2, -0.15) is 4.99 Å². The molecule has 0 saturated heterocycles. The van der Waals surface area contributed by atoms with Crippen LogP contribution in [-0.2, 0) is 11.3 Å². The first-order chi connectivity index (χ1) is 14.5. The summed E-state index contributed by atoms with van der Waals surface area (Å²) in [4.78, 5) is 20.4. The highest BCUT2D eigenvalue weighted by Crippen LogP contribution is 2.23. The van der Waals surface area contributed by atoms with Crippen LogP contribution in [0.15, 0.2) is 41.4 Å². The molecule has 0 bridgehead atoms. The summed E-state index contributed by atoms with van der Waals surface area (Å²) in [7, 11) is 0. The number of hydrogen-bond acceptors (Lipinski definition) is 4. The summed E-state index contributed by atoms with van der Waals surface area (Å²) in [6.45, 7) is 14.3. The maximum Gasteiger partial charge on any atom is 0.279 e. The zero-order valence-corrected chi connectivity index (χ0v) is 19.4. The summed E-state index contributed by atoms with van der Waals surface area (Å²) in [6.07, 6.45) is 0. The molecule has 1 heterocycles. The van der Waals surface area contributed by atoms with Gasteiger partial charge in [-0.1, -0.05) is 17.4 Å². The van der Waals surface area contributed by atoms with Crippen LogP contribution < -0.4 is 9.70 Å². The monoisotopic (exact) mass is 425 g/mol. The second kappa shape index (κ2) is 10.0. The second-order valence-corrected chi connectivity index (χ2v) is 8.31. The maximum absolute atomic E-state index is 12.9. The van der Waals surface area contributed by atoms with Crippen LogP contribution in [0.3, 0.4) is 0 Å². The zero-order valence-electron chi connectivity index (χ0n) is 18.6. The number of ether oxygens (including phenoxy) is 1. The van der Waals surface area contributed by atoms with E-state index in [2.05, 4.69) is 54.3 Å². The Morgan fingerprint density at radius 3 is 2.43 bits per heavy atom. The van der Waals surface area contributed by atoms with Gasteiger partial charge in [0, 0.05) is 37.5 Å². The molecule has 0 atom stereocenters. The summed E-state index contributed by atoms with van der Waals surface area (Å²) in [6, 6.07) is 12.1. The molecule has 3 rings (SSSR count). The Hall–Kier alpha value is -2.44. The Balaban J connectivity index is 2.00. The Labute approximate surface area is 182 Å². The summed E-state index contributed by atoms with van der Waals surface area (Å²) in [5.41, 5.74) is 5.26. The van der Waals surface area contributed by atoms with Crippen LogP contribution in [0.5, 0.6) is 0 Å². The fraction of sp³-hybridized carbons (Fsp3) is 0.417. The molecule has 0 fully saturated rings. The van der Waals surface area contributed by atoms with Crippen molar-refractivity contribution in [1.29, 1.82) is 0 Å². The zero-order chi connectivity index (χ0) is 21.7. The lowest BCUT2D eigenvalue weighted by atomic mass is 10.1. The highest BCUT2D eigenvalue weighted by molar-refractivity contribution is 7.16. The number of rotatable bonds is 8. The molecule has 0 unspecified atom stereocenters. The van der Waals surface area contributed by atoms with E-state index in [1.54, 1.807) is 11.3 Å². The number of hydrogen-bond donors (Lipinski definition) is 0. The SMILES string of the molecule is CCOCCn1c(=NC(=O)c2ccc(N(CC)CC)cc2)sc2cc(C)cc(C)c21. The minimum atomic E-state index is -0.216. The highest BCUT2D eigenvalue weighted by atomic mass is 32.1. The van der Waals surface area contributed by atoms with Crippen LogP contribution in [0.2, 0.25) is 0 Å². The summed E-state index contributed by atoms with van der Waals surface area (Å²) in [5.74, 6) is -0.216. The van der Waals surface area contributed by atoms with Gasteiger partial charge in [-0.25, -0.2) is 0 Å². The van der Waals surface area contributed by atoms with Gasteiger partial charge < -0.3 is 14.2 Å². The Morgan fingerprint density at radius 1 is 1.10 bits per heavy atom. The number of anilines is 1. The van der Waals surface area contributed by atoms with E-state index in [4.69, 9.17) is 4.74 Å². The Kier molecular flexibility index (Phi) is 7.45. The molecule has 0 N–H and O–H groups in total. The topological polar surface area (TPSA) is 46.8 Å². The number of benzene rings is 2. The van der Waals surface area contributed by atoms with Crippen LogP contribution in [0.4, 0.5) is 5.69 Å². The molecule has 6 heteroatoms. The molecular formula is C24H31N3O2S. The van der Waals surface area contributed by atoms with Crippen LogP contribution in [0, 0.1) is 13.8 Å². The fourth-order valence-electron chi connectivity index (χ4n) is 3.74. The summed E-state index contributed by atoms with van der Waals surface area (Å²) < 4.78 is 8.84. The molecule has 3 aromatic rings. The highest BCUT2D eigenvalue weighted by Gasteiger charge is 2.12. The van der Waals surface area contributed by atoms with Crippen molar-refractivity contribution in [2.45, 2.75) is 41.2 Å². The summed E-state index contributed by atoms with van der Waals surface area (Å²) in [5, 5.41) is 0. The van der Waals surface area contributed by atoms with Gasteiger partial charge in [-0.15, -0.1) is 0 Å². The first kappa shape index (κ1) is 22.2. The molecule has 0 aliphatic carbocycles. The number of carbonyl (C=O) groups excluding carboxylic acids is 1. The predicted molar refractivity (Wildman–Crippen MR) is 126 cm³/mol. The smallest absolute Gasteiger partial charge is 0.279 e. The first-order valence-corrected chi connectivity index (χ1v) is 11.4. The molecule has 160 valence electrons. The molecule has 1 aromatic heterocycles. The van der Waals surface area contributed by atoms with E-state index in [0.29, 0.717) is 25.3 Å². The van der Waals surface area contributed by atoms with Crippen LogP contribution >= 0.6 is 11.3 Å². The van der Waals surface area contributed by atoms with Crippen LogP contribution in [0.25, 0.3) is 10.2 Å². The van der Waals surface area contributed by atoms with Crippen molar-refractivity contribution in [2.24, 2.45) is 4.99 Å². The van der Waals surface area contributed by atoms with E-state index >= 15 is 0 Å². The van der Waals surface area contributed by atoms with Crippen molar-refractivity contribution in [3.8, 4) is 0 Å². The number of nitrogens with zero attached hydrogens (tertiary/aromatic N) is 3. The van der Waals surface area contributed by atoms with Crippen molar-refractivity contribution < 1.29 is 9.53 Å². The molecule has 0 saturated carbocycles. The van der Waals surface area contributed by atoms with Gasteiger partial charge in [0.15, 0.2) is 4.80 Å². The summed E-state index contributed by atoms with van der Waals surface area (Å²) >= 11 is 1.56. The van der Waals surface area contributed by atoms with Crippen molar-refractivity contribution in [3.05, 3.63) is 57.9 Å². The van der Waals surface area contributed by atoms with Crippen LogP contribution in [0.1, 0.15) is 42.3 Å². The van der Waals surface area contributed by atoms with Gasteiger partial charge in [-0.3, -0.25) is 4.79 Å². The Morgan fingerprint density at radius 2 is 1.80 bits per heavy atom. The van der Waals surface area contributed by atoms with Gasteiger partial charge in [0.1, 0.15) is 0 Å². The van der Waals surface area contributed by atoms with Gasteiger partial charge in [0.2, 0.25) is 0 Å². The third-order valence-corrected chi connectivity index (χ3v) is 6.24. The quantitative estimate of drug-likeness (QED) is 0.480. The van der Waals surface area contributed by atoms with Crippen molar-refractivity contribution in [3.63, 3.8) is 0 Å². The minimum Gasteiger partial charge on any atom is -0.380 e. The van der Waals surface area contributed by atoms with Gasteiger partial charge in [-0.05, 0) is 76.1 Å². The lowest BCUT2D eigenvalue weighted by Gasteiger charge is -2.20. The first-order valence-electron chi connectivity index (χ1n) is 10.6. The standard InChI is InChI=1S/C24H31N3O2S/c1-6-26(7-2)20-11-9-19(10-12-20)23(28)25-24-27(13-14-29-8-3)22-18(5)15-17(4)16-21(22)30-24/h9-12,15-16H,6-8,13-14H2,1-5H3. The molecule has 5 nitrogen and oxygen atoms in total. The van der Waals surface area contributed by atoms with E-state index in [0.717, 1.165) is 33.8 Å². The number of aromatic nitrogens is 1. The van der Waals surface area contributed by atoms with Gasteiger partial charge >= 0.3 is 0 Å². The van der Waals surface area contributed by atoms with E-state index in [1.807, 2.05) is 31.2 Å². The molecule has 0 radical (unpaired) electrons. The molecule has 1 amide bonds. The number of fused-ring (bicyclic) bond motifs is 1. The molecule has 0 spiro atoms. The molecule has 30 heavy (non-hydrogen) atoms. The third kappa shape index (κ3) is 4.82. The van der Waals surface area contributed by atoms with E-state index in [1.165, 1.54) is 11.1 Å². The van der Waals surface area contributed by atoms with Gasteiger partial charge in [0.05, 0.1) is 16.8 Å². The fourth-order valence-corrected chi connectivity index (χ4v) is 4.97. The maximum atomic E-state index is 12.9. The van der Waals surface area contributed by atoms with Crippen molar-refractivity contribution >= 4 is 33.1 Å². The number of thiazole rings is 1. The van der Waals surface area contributed by atoms with E-state index in [-0.39, 0.29) is 5.91 Å². The van der Waals surface area contributed by atoms with E-state index in [9.17, 15) is 4.79 Å². The normalized spacial score (nSPS) is 12.0. The average molecular weight is 426 g/mol. The third-order valence-electron chi connectivity index (χ3n) is 5.22. The lowest BCUT2D eigenvalue weighted by molar-refractivity contribution is 0.0996. The number of amides is 1. The molecular weight excluding hydrogens is 394 g/mol. The molecule has 0 aliphatic rings. The predicted octanol–water partition coefficient (Wildman–Crippen LogP) is 4.94. The lowest BCUT2D eigenvalue weighted by Crippen LogP contribution is -2.22. The van der Waals surface area contributed by atoms with Crippen molar-refractivity contribution in [2.75, 3.05) is 31.2 Å². The van der Waals surface area contributed by atoms with Crippen molar-refractivity contribution in [1.82, 2.24) is 4.57 Å². The molecule has 0 aliphatic heterocycles. The van der Waals surface area contributed by atoms with Gasteiger partial charge in [0.25, 0.3) is 5.91 Å². The number of carbonyl (C=O) groups is 1. The molecule has 2 aromatic carbocycles. The average Bonchev–Trinajstić information content (AvgIpc) is 3.06. The largest absolute Gasteiger partial charge is 0.380 e.